The topological polar surface area (TPSA) is 95.9 Å². The summed E-state index contributed by atoms with van der Waals surface area (Å²) in [5.41, 5.74) is 0. The molecule has 3 N–H and O–H groups in total. The number of ether oxygens (including phenoxy) is 1. The maximum atomic E-state index is 12.6. The Labute approximate surface area is 520 Å². The Balaban J connectivity index is 3.38. The molecule has 0 aliphatic rings. The number of carbonyl (C=O) groups excluding carboxylic acids is 2. The lowest BCUT2D eigenvalue weighted by Gasteiger charge is -2.22. The molecule has 6 heteroatoms. The molecule has 0 spiro atoms. The van der Waals surface area contributed by atoms with Gasteiger partial charge in [0, 0.05) is 12.8 Å². The molecular weight excluding hydrogens is 1020 g/mol. The van der Waals surface area contributed by atoms with Crippen LogP contribution in [0.5, 0.6) is 0 Å². The quantitative estimate of drug-likeness (QED) is 0.0320. The summed E-state index contributed by atoms with van der Waals surface area (Å²) < 4.78 is 5.51. The third-order valence-corrected chi connectivity index (χ3v) is 18.3. The van der Waals surface area contributed by atoms with Gasteiger partial charge in [0.25, 0.3) is 0 Å². The molecule has 0 aromatic heterocycles. The van der Waals surface area contributed by atoms with Crippen LogP contribution in [-0.4, -0.2) is 47.4 Å². The summed E-state index contributed by atoms with van der Waals surface area (Å²) in [6, 6.07) is -0.546. The Hall–Kier alpha value is -1.40. The van der Waals surface area contributed by atoms with Gasteiger partial charge in [-0.25, -0.2) is 0 Å². The van der Waals surface area contributed by atoms with Crippen LogP contribution < -0.4 is 5.32 Å². The van der Waals surface area contributed by atoms with Crippen molar-refractivity contribution < 1.29 is 24.5 Å². The molecule has 0 saturated carbocycles. The lowest BCUT2D eigenvalue weighted by molar-refractivity contribution is -0.143. The summed E-state index contributed by atoms with van der Waals surface area (Å²) in [6.45, 7) is 5.01. The van der Waals surface area contributed by atoms with Crippen LogP contribution in [0.15, 0.2) is 12.2 Å². The van der Waals surface area contributed by atoms with Crippen molar-refractivity contribution in [3.05, 3.63) is 12.2 Å². The van der Waals surface area contributed by atoms with E-state index in [1.54, 1.807) is 0 Å². The first-order valence-corrected chi connectivity index (χ1v) is 38.4. The van der Waals surface area contributed by atoms with Crippen molar-refractivity contribution in [1.29, 1.82) is 0 Å². The van der Waals surface area contributed by atoms with E-state index in [1.807, 2.05) is 0 Å². The van der Waals surface area contributed by atoms with Crippen LogP contribution in [0.2, 0.25) is 0 Å². The zero-order valence-electron chi connectivity index (χ0n) is 56.7. The van der Waals surface area contributed by atoms with Crippen LogP contribution in [-0.2, 0) is 14.3 Å². The van der Waals surface area contributed by atoms with Gasteiger partial charge in [0.15, 0.2) is 0 Å². The average molecular weight is 1170 g/mol. The van der Waals surface area contributed by atoms with Crippen LogP contribution in [0, 0.1) is 0 Å². The van der Waals surface area contributed by atoms with E-state index >= 15 is 0 Å². The Morgan fingerprint density at radius 2 is 0.566 bits per heavy atom. The molecule has 83 heavy (non-hydrogen) atoms. The molecule has 0 heterocycles. The van der Waals surface area contributed by atoms with E-state index in [4.69, 9.17) is 4.74 Å². The first kappa shape index (κ1) is 81.6. The standard InChI is InChI=1S/C77H151NO5/c1-3-5-7-9-11-13-15-17-19-21-23-24-25-28-31-34-37-41-45-49-53-57-61-65-69-75(80)74(73-79)78-76(81)70-66-62-58-54-50-46-42-38-35-32-29-26-27-30-33-36-40-44-48-52-56-60-64-68-72-83-77(82)71-67-63-59-55-51-47-43-39-22-20-18-16-14-12-10-8-6-4-2/h29,32,74-75,79-80H,3-28,30-31,33-73H2,1-2H3,(H,78,81)/b32-29-. The Morgan fingerprint density at radius 1 is 0.325 bits per heavy atom. The number of nitrogens with one attached hydrogen (secondary N) is 1. The number of allylic oxidation sites excluding steroid dienone is 2. The second kappa shape index (κ2) is 73.1. The van der Waals surface area contributed by atoms with Gasteiger partial charge in [0.2, 0.25) is 5.91 Å². The maximum Gasteiger partial charge on any atom is 0.305 e. The van der Waals surface area contributed by atoms with Crippen molar-refractivity contribution in [2.24, 2.45) is 0 Å². The van der Waals surface area contributed by atoms with E-state index in [2.05, 4.69) is 31.3 Å². The van der Waals surface area contributed by atoms with Gasteiger partial charge in [-0.1, -0.05) is 392 Å². The van der Waals surface area contributed by atoms with Crippen LogP contribution in [0.4, 0.5) is 0 Å². The predicted molar refractivity (Wildman–Crippen MR) is 366 cm³/mol. The third-order valence-electron chi connectivity index (χ3n) is 18.3. The van der Waals surface area contributed by atoms with Gasteiger partial charge in [0.1, 0.15) is 0 Å². The number of unbranched alkanes of at least 4 members (excludes halogenated alkanes) is 60. The highest BCUT2D eigenvalue weighted by molar-refractivity contribution is 5.76. The van der Waals surface area contributed by atoms with Gasteiger partial charge in [-0.15, -0.1) is 0 Å². The molecule has 0 aromatic rings. The lowest BCUT2D eigenvalue weighted by atomic mass is 10.0. The van der Waals surface area contributed by atoms with Gasteiger partial charge in [0.05, 0.1) is 25.4 Å². The van der Waals surface area contributed by atoms with Gasteiger partial charge in [-0.05, 0) is 51.4 Å². The minimum atomic E-state index is -0.668. The molecule has 0 fully saturated rings. The van der Waals surface area contributed by atoms with E-state index in [0.717, 1.165) is 38.5 Å². The monoisotopic (exact) mass is 1170 g/mol. The first-order chi connectivity index (χ1) is 41.0. The average Bonchev–Trinajstić information content (AvgIpc) is 3.49. The highest BCUT2D eigenvalue weighted by atomic mass is 16.5. The minimum absolute atomic E-state index is 0.0185. The molecule has 0 radical (unpaired) electrons. The van der Waals surface area contributed by atoms with Crippen LogP contribution in [0.1, 0.15) is 444 Å². The SMILES string of the molecule is CCCCCCCCCCCCCCCCCCCCCCCCCCC(O)C(CO)NC(=O)CCCCCCCCCC/C=C\CCCCCCCCCCCCCCOC(=O)CCCCCCCCCCCCCCCCCCCC. The van der Waals surface area contributed by atoms with Gasteiger partial charge in [-0.2, -0.15) is 0 Å². The van der Waals surface area contributed by atoms with Gasteiger partial charge >= 0.3 is 5.97 Å². The van der Waals surface area contributed by atoms with E-state index in [1.165, 1.54) is 372 Å². The molecule has 1 amide bonds. The number of rotatable bonds is 73. The summed E-state index contributed by atoms with van der Waals surface area (Å²) in [4.78, 5) is 24.7. The highest BCUT2D eigenvalue weighted by Gasteiger charge is 2.20. The fourth-order valence-electron chi connectivity index (χ4n) is 12.5. The molecule has 0 aliphatic heterocycles. The van der Waals surface area contributed by atoms with Crippen molar-refractivity contribution in [3.63, 3.8) is 0 Å². The second-order valence-electron chi connectivity index (χ2n) is 26.7. The van der Waals surface area contributed by atoms with E-state index in [-0.39, 0.29) is 18.5 Å². The largest absolute Gasteiger partial charge is 0.466 e. The van der Waals surface area contributed by atoms with Crippen molar-refractivity contribution in [1.82, 2.24) is 5.32 Å². The highest BCUT2D eigenvalue weighted by Crippen LogP contribution is 2.20. The summed E-state index contributed by atoms with van der Waals surface area (Å²) in [6.07, 6.45) is 91.4. The van der Waals surface area contributed by atoms with Crippen molar-refractivity contribution in [2.75, 3.05) is 13.2 Å². The van der Waals surface area contributed by atoms with Crippen LogP contribution in [0.25, 0.3) is 0 Å². The van der Waals surface area contributed by atoms with Crippen molar-refractivity contribution >= 4 is 11.9 Å². The zero-order valence-corrected chi connectivity index (χ0v) is 56.7. The first-order valence-electron chi connectivity index (χ1n) is 38.4. The molecule has 6 nitrogen and oxygen atoms in total. The van der Waals surface area contributed by atoms with Crippen molar-refractivity contribution in [3.8, 4) is 0 Å². The molecular formula is C77H151NO5. The molecule has 494 valence electrons. The zero-order chi connectivity index (χ0) is 59.9. The summed E-state index contributed by atoms with van der Waals surface area (Å²) in [5.74, 6) is -0.0152. The molecule has 2 unspecified atom stereocenters. The van der Waals surface area contributed by atoms with Gasteiger partial charge < -0.3 is 20.3 Å². The predicted octanol–water partition coefficient (Wildman–Crippen LogP) is 25.1. The second-order valence-corrected chi connectivity index (χ2v) is 26.7. The summed E-state index contributed by atoms with van der Waals surface area (Å²) in [5, 5.41) is 23.5. The number of hydrogen-bond acceptors (Lipinski definition) is 5. The van der Waals surface area contributed by atoms with E-state index < -0.39 is 12.1 Å². The maximum absolute atomic E-state index is 12.6. The van der Waals surface area contributed by atoms with Crippen LogP contribution in [0.3, 0.4) is 0 Å². The van der Waals surface area contributed by atoms with E-state index in [0.29, 0.717) is 25.9 Å². The van der Waals surface area contributed by atoms with Crippen molar-refractivity contribution in [2.45, 2.75) is 456 Å². The molecule has 0 rings (SSSR count). The smallest absolute Gasteiger partial charge is 0.305 e. The Morgan fingerprint density at radius 3 is 0.855 bits per heavy atom. The molecule has 0 bridgehead atoms. The number of carbonyl (C=O) groups is 2. The summed E-state index contributed by atoms with van der Waals surface area (Å²) >= 11 is 0. The minimum Gasteiger partial charge on any atom is -0.466 e. The Bertz CT molecular complexity index is 1260. The number of esters is 1. The fourth-order valence-corrected chi connectivity index (χ4v) is 12.5. The Kier molecular flexibility index (Phi) is 71.8. The van der Waals surface area contributed by atoms with Crippen LogP contribution >= 0.6 is 0 Å². The third kappa shape index (κ3) is 69.6. The molecule has 0 aromatic carbocycles. The molecule has 2 atom stereocenters. The fraction of sp³-hybridized carbons (Fsp3) is 0.948. The number of hydrogen-bond donors (Lipinski definition) is 3. The van der Waals surface area contributed by atoms with E-state index in [9.17, 15) is 19.8 Å². The summed E-state index contributed by atoms with van der Waals surface area (Å²) in [7, 11) is 0. The number of amides is 1. The number of aliphatic hydroxyl groups is 2. The molecule has 0 saturated heterocycles. The number of aliphatic hydroxyl groups excluding tert-OH is 2. The normalized spacial score (nSPS) is 12.5. The lowest BCUT2D eigenvalue weighted by Crippen LogP contribution is -2.45. The molecule has 0 aliphatic carbocycles. The van der Waals surface area contributed by atoms with Gasteiger partial charge in [-0.3, -0.25) is 9.59 Å².